The molecule has 0 aliphatic heterocycles. The van der Waals surface area contributed by atoms with Crippen LogP contribution in [-0.4, -0.2) is 45.2 Å². The summed E-state index contributed by atoms with van der Waals surface area (Å²) in [6.45, 7) is 6.21. The molecule has 0 spiro atoms. The number of nitrogens with zero attached hydrogens (tertiary/aromatic N) is 2. The molecule has 0 radical (unpaired) electrons. The Kier molecular flexibility index (Phi) is 11.5. The Morgan fingerprint density at radius 3 is 2.50 bits per heavy atom. The summed E-state index contributed by atoms with van der Waals surface area (Å²) in [7, 11) is 5.45. The molecule has 2 N–H and O–H groups in total. The highest BCUT2D eigenvalue weighted by Crippen LogP contribution is 2.30. The standard InChI is InChI=1S/C22H31FN4O2.HI/c1-6-24-22(26-18-9-11-20(29-7-2)21(13-18)28-5)25-14-16-8-10-19(23)17(12-16)15-27(3)4;/h8-13H,6-7,14-15H2,1-5H3,(H2,24,25,26);1H. The van der Waals surface area contributed by atoms with Crippen molar-refractivity contribution >= 4 is 35.6 Å². The Labute approximate surface area is 195 Å². The lowest BCUT2D eigenvalue weighted by atomic mass is 10.1. The molecule has 0 unspecified atom stereocenters. The van der Waals surface area contributed by atoms with Gasteiger partial charge < -0.3 is 25.0 Å². The fourth-order valence-electron chi connectivity index (χ4n) is 2.82. The predicted octanol–water partition coefficient (Wildman–Crippen LogP) is 4.49. The van der Waals surface area contributed by atoms with Crippen LogP contribution in [0.15, 0.2) is 41.4 Å². The molecule has 0 bridgehead atoms. The van der Waals surface area contributed by atoms with Gasteiger partial charge >= 0.3 is 0 Å². The lowest BCUT2D eigenvalue weighted by Gasteiger charge is -2.15. The fraction of sp³-hybridized carbons (Fsp3) is 0.409. The fourth-order valence-corrected chi connectivity index (χ4v) is 2.82. The summed E-state index contributed by atoms with van der Waals surface area (Å²) in [5, 5.41) is 6.49. The van der Waals surface area contributed by atoms with Gasteiger partial charge in [0.2, 0.25) is 0 Å². The summed E-state index contributed by atoms with van der Waals surface area (Å²) in [6, 6.07) is 10.8. The van der Waals surface area contributed by atoms with Gasteiger partial charge in [0.1, 0.15) is 5.82 Å². The Balaban J connectivity index is 0.00000450. The van der Waals surface area contributed by atoms with Gasteiger partial charge in [0.15, 0.2) is 17.5 Å². The molecule has 0 saturated heterocycles. The normalized spacial score (nSPS) is 11.1. The first kappa shape index (κ1) is 26.0. The van der Waals surface area contributed by atoms with Crippen molar-refractivity contribution in [3.05, 3.63) is 53.3 Å². The van der Waals surface area contributed by atoms with Crippen molar-refractivity contribution in [3.8, 4) is 11.5 Å². The zero-order chi connectivity index (χ0) is 21.2. The Bertz CT molecular complexity index is 831. The number of halogens is 2. The third-order valence-corrected chi connectivity index (χ3v) is 4.09. The van der Waals surface area contributed by atoms with Crippen LogP contribution in [0, 0.1) is 5.82 Å². The second-order valence-corrected chi connectivity index (χ2v) is 6.78. The quantitative estimate of drug-likeness (QED) is 0.284. The molecule has 166 valence electrons. The molecule has 2 rings (SSSR count). The van der Waals surface area contributed by atoms with Crippen LogP contribution in [0.3, 0.4) is 0 Å². The minimum Gasteiger partial charge on any atom is -0.493 e. The number of nitrogens with one attached hydrogen (secondary N) is 2. The van der Waals surface area contributed by atoms with Gasteiger partial charge in [-0.05, 0) is 57.8 Å². The van der Waals surface area contributed by atoms with Crippen LogP contribution in [0.1, 0.15) is 25.0 Å². The summed E-state index contributed by atoms with van der Waals surface area (Å²) < 4.78 is 24.9. The third kappa shape index (κ3) is 7.98. The molecule has 0 aliphatic rings. The maximum absolute atomic E-state index is 14.0. The zero-order valence-electron chi connectivity index (χ0n) is 18.3. The number of anilines is 1. The third-order valence-electron chi connectivity index (χ3n) is 4.09. The van der Waals surface area contributed by atoms with Crippen molar-refractivity contribution in [2.75, 3.05) is 39.7 Å². The molecular weight excluding hydrogens is 498 g/mol. The molecule has 0 fully saturated rings. The number of hydrogen-bond donors (Lipinski definition) is 2. The van der Waals surface area contributed by atoms with Crippen LogP contribution >= 0.6 is 24.0 Å². The van der Waals surface area contributed by atoms with E-state index >= 15 is 0 Å². The van der Waals surface area contributed by atoms with Crippen LogP contribution in [0.5, 0.6) is 11.5 Å². The second-order valence-electron chi connectivity index (χ2n) is 6.78. The molecule has 30 heavy (non-hydrogen) atoms. The molecule has 0 atom stereocenters. The van der Waals surface area contributed by atoms with Crippen molar-refractivity contribution in [3.63, 3.8) is 0 Å². The lowest BCUT2D eigenvalue weighted by Crippen LogP contribution is -2.30. The highest BCUT2D eigenvalue weighted by Gasteiger charge is 2.08. The largest absolute Gasteiger partial charge is 0.493 e. The number of benzene rings is 2. The van der Waals surface area contributed by atoms with Crippen molar-refractivity contribution in [2.24, 2.45) is 4.99 Å². The monoisotopic (exact) mass is 530 g/mol. The molecule has 0 aromatic heterocycles. The van der Waals surface area contributed by atoms with E-state index in [2.05, 4.69) is 15.6 Å². The SMILES string of the molecule is CCNC(=NCc1ccc(F)c(CN(C)C)c1)Nc1ccc(OCC)c(OC)c1.I. The van der Waals surface area contributed by atoms with Crippen LogP contribution < -0.4 is 20.1 Å². The van der Waals surface area contributed by atoms with Gasteiger partial charge in [-0.1, -0.05) is 6.07 Å². The van der Waals surface area contributed by atoms with E-state index < -0.39 is 0 Å². The van der Waals surface area contributed by atoms with Crippen LogP contribution in [0.4, 0.5) is 10.1 Å². The second kappa shape index (κ2) is 13.3. The number of methoxy groups -OCH3 is 1. The lowest BCUT2D eigenvalue weighted by molar-refractivity contribution is 0.311. The minimum atomic E-state index is -0.196. The summed E-state index contributed by atoms with van der Waals surface area (Å²) >= 11 is 0. The number of ether oxygens (including phenoxy) is 2. The smallest absolute Gasteiger partial charge is 0.196 e. The number of rotatable bonds is 9. The van der Waals surface area contributed by atoms with Gasteiger partial charge in [0.25, 0.3) is 0 Å². The zero-order valence-corrected chi connectivity index (χ0v) is 20.6. The molecule has 0 aliphatic carbocycles. The molecule has 0 heterocycles. The molecule has 6 nitrogen and oxygen atoms in total. The van der Waals surface area contributed by atoms with Gasteiger partial charge in [-0.15, -0.1) is 24.0 Å². The summed E-state index contributed by atoms with van der Waals surface area (Å²) in [4.78, 5) is 6.57. The Hall–Kier alpha value is -2.07. The van der Waals surface area contributed by atoms with Crippen LogP contribution in [0.25, 0.3) is 0 Å². The van der Waals surface area contributed by atoms with Crippen molar-refractivity contribution < 1.29 is 13.9 Å². The van der Waals surface area contributed by atoms with Gasteiger partial charge in [0, 0.05) is 30.4 Å². The first-order valence-corrected chi connectivity index (χ1v) is 9.75. The van der Waals surface area contributed by atoms with E-state index in [1.54, 1.807) is 13.2 Å². The van der Waals surface area contributed by atoms with E-state index in [9.17, 15) is 4.39 Å². The molecule has 0 saturated carbocycles. The maximum atomic E-state index is 14.0. The minimum absolute atomic E-state index is 0. The topological polar surface area (TPSA) is 58.1 Å². The van der Waals surface area contributed by atoms with E-state index in [-0.39, 0.29) is 29.8 Å². The molecule has 0 amide bonds. The first-order valence-electron chi connectivity index (χ1n) is 9.75. The highest BCUT2D eigenvalue weighted by atomic mass is 127. The number of guanidine groups is 1. The van der Waals surface area contributed by atoms with E-state index in [0.717, 1.165) is 17.8 Å². The van der Waals surface area contributed by atoms with Gasteiger partial charge in [-0.25, -0.2) is 9.38 Å². The average Bonchev–Trinajstić information content (AvgIpc) is 2.69. The summed E-state index contributed by atoms with van der Waals surface area (Å²) in [5.41, 5.74) is 2.44. The molecule has 2 aromatic carbocycles. The van der Waals surface area contributed by atoms with Crippen molar-refractivity contribution in [1.29, 1.82) is 0 Å². The Morgan fingerprint density at radius 1 is 1.10 bits per heavy atom. The average molecular weight is 530 g/mol. The van der Waals surface area contributed by atoms with E-state index in [0.29, 0.717) is 42.7 Å². The maximum Gasteiger partial charge on any atom is 0.196 e. The highest BCUT2D eigenvalue weighted by molar-refractivity contribution is 14.0. The summed E-state index contributed by atoms with van der Waals surface area (Å²) in [6.07, 6.45) is 0. The van der Waals surface area contributed by atoms with Crippen LogP contribution in [0.2, 0.25) is 0 Å². The van der Waals surface area contributed by atoms with E-state index in [1.165, 1.54) is 6.07 Å². The molecule has 8 heteroatoms. The van der Waals surface area contributed by atoms with Crippen molar-refractivity contribution in [1.82, 2.24) is 10.2 Å². The van der Waals surface area contributed by atoms with Crippen LogP contribution in [-0.2, 0) is 13.1 Å². The Morgan fingerprint density at radius 2 is 1.87 bits per heavy atom. The van der Waals surface area contributed by atoms with E-state index in [4.69, 9.17) is 9.47 Å². The predicted molar refractivity (Wildman–Crippen MR) is 132 cm³/mol. The summed E-state index contributed by atoms with van der Waals surface area (Å²) in [5.74, 6) is 1.79. The number of hydrogen-bond acceptors (Lipinski definition) is 4. The number of aliphatic imine (C=N–C) groups is 1. The molecule has 2 aromatic rings. The van der Waals surface area contributed by atoms with Crippen molar-refractivity contribution in [2.45, 2.75) is 26.9 Å². The van der Waals surface area contributed by atoms with E-state index in [1.807, 2.05) is 57.1 Å². The molecular formula is C22H32FIN4O2. The van der Waals surface area contributed by atoms with Gasteiger partial charge in [0.05, 0.1) is 20.3 Å². The van der Waals surface area contributed by atoms with Gasteiger partial charge in [-0.3, -0.25) is 0 Å². The van der Waals surface area contributed by atoms with Gasteiger partial charge in [-0.2, -0.15) is 0 Å². The first-order chi connectivity index (χ1) is 14.0.